The van der Waals surface area contributed by atoms with E-state index in [0.717, 1.165) is 22.5 Å². The van der Waals surface area contributed by atoms with Crippen LogP contribution >= 0.6 is 23.2 Å². The molecular weight excluding hydrogens is 355 g/mol. The van der Waals surface area contributed by atoms with E-state index in [0.29, 0.717) is 21.7 Å². The Morgan fingerprint density at radius 2 is 1.72 bits per heavy atom. The third-order valence-electron chi connectivity index (χ3n) is 3.58. The Kier molecular flexibility index (Phi) is 5.31. The van der Waals surface area contributed by atoms with E-state index in [1.165, 1.54) is 0 Å². The summed E-state index contributed by atoms with van der Waals surface area (Å²) in [5.41, 5.74) is 6.52. The molecule has 0 radical (unpaired) electrons. The van der Waals surface area contributed by atoms with Crippen molar-refractivity contribution >= 4 is 34.7 Å². The van der Waals surface area contributed by atoms with Crippen LogP contribution in [0.2, 0.25) is 10.0 Å². The van der Waals surface area contributed by atoms with Gasteiger partial charge in [0, 0.05) is 11.6 Å². The van der Waals surface area contributed by atoms with Gasteiger partial charge in [0.2, 0.25) is 0 Å². The van der Waals surface area contributed by atoms with Gasteiger partial charge in [0.15, 0.2) is 0 Å². The van der Waals surface area contributed by atoms with Crippen molar-refractivity contribution in [3.8, 4) is 11.3 Å². The molecule has 0 aliphatic heterocycles. The number of hydrogen-bond donors (Lipinski definition) is 1. The molecule has 0 unspecified atom stereocenters. The Morgan fingerprint density at radius 1 is 0.960 bits per heavy atom. The maximum atomic E-state index is 6.06. The molecule has 0 bridgehead atoms. The largest absolute Gasteiger partial charge is 0.261 e. The first-order valence-corrected chi connectivity index (χ1v) is 8.45. The molecule has 0 amide bonds. The van der Waals surface area contributed by atoms with E-state index in [4.69, 9.17) is 23.2 Å². The zero-order valence-electron chi connectivity index (χ0n) is 13.8. The van der Waals surface area contributed by atoms with Crippen LogP contribution in [0.4, 0.5) is 5.82 Å². The molecule has 6 heteroatoms. The average Bonchev–Trinajstić information content (AvgIpc) is 2.62. The molecule has 1 aromatic heterocycles. The van der Waals surface area contributed by atoms with Crippen molar-refractivity contribution in [3.63, 3.8) is 0 Å². The topological polar surface area (TPSA) is 50.2 Å². The molecule has 0 spiro atoms. The van der Waals surface area contributed by atoms with E-state index in [2.05, 4.69) is 20.5 Å². The Bertz CT molecular complexity index is 924. The summed E-state index contributed by atoms with van der Waals surface area (Å²) in [4.78, 5) is 8.86. The molecule has 0 aliphatic rings. The van der Waals surface area contributed by atoms with Gasteiger partial charge < -0.3 is 0 Å². The van der Waals surface area contributed by atoms with Crippen LogP contribution in [-0.4, -0.2) is 15.7 Å². The second-order valence-corrected chi connectivity index (χ2v) is 6.30. The summed E-state index contributed by atoms with van der Waals surface area (Å²) in [6.07, 6.45) is 0. The Morgan fingerprint density at radius 3 is 2.44 bits per heavy atom. The number of nitrogens with zero attached hydrogens (tertiary/aromatic N) is 3. The molecular formula is C19H16Cl2N4. The summed E-state index contributed by atoms with van der Waals surface area (Å²) < 4.78 is 0. The highest BCUT2D eigenvalue weighted by atomic mass is 35.5. The first kappa shape index (κ1) is 17.4. The fraction of sp³-hybridized carbons (Fsp3) is 0.105. The zero-order chi connectivity index (χ0) is 17.8. The molecule has 1 N–H and O–H groups in total. The van der Waals surface area contributed by atoms with Crippen LogP contribution in [0, 0.1) is 6.92 Å². The van der Waals surface area contributed by atoms with E-state index in [1.54, 1.807) is 12.1 Å². The van der Waals surface area contributed by atoms with Crippen LogP contribution in [0.15, 0.2) is 59.7 Å². The van der Waals surface area contributed by atoms with Crippen LogP contribution in [-0.2, 0) is 0 Å². The fourth-order valence-electron chi connectivity index (χ4n) is 2.31. The van der Waals surface area contributed by atoms with Crippen molar-refractivity contribution in [3.05, 3.63) is 76.0 Å². The minimum absolute atomic E-state index is 0.498. The number of rotatable bonds is 4. The Hall–Kier alpha value is -2.43. The zero-order valence-corrected chi connectivity index (χ0v) is 15.3. The monoisotopic (exact) mass is 370 g/mol. The van der Waals surface area contributed by atoms with Crippen LogP contribution in [0.3, 0.4) is 0 Å². The Balaban J connectivity index is 1.85. The SMILES string of the molecule is C/C(=N\Nc1cc(-c2ccccc2)nc(C)n1)c1ccc(Cl)c(Cl)c1. The highest BCUT2D eigenvalue weighted by Gasteiger charge is 2.05. The molecule has 4 nitrogen and oxygen atoms in total. The van der Waals surface area contributed by atoms with Crippen molar-refractivity contribution in [1.29, 1.82) is 0 Å². The lowest BCUT2D eigenvalue weighted by Crippen LogP contribution is -2.03. The van der Waals surface area contributed by atoms with Crippen molar-refractivity contribution in [2.75, 3.05) is 5.43 Å². The molecule has 3 rings (SSSR count). The summed E-state index contributed by atoms with van der Waals surface area (Å²) in [5.74, 6) is 1.30. The quantitative estimate of drug-likeness (QED) is 0.480. The van der Waals surface area contributed by atoms with Crippen molar-refractivity contribution in [1.82, 2.24) is 9.97 Å². The van der Waals surface area contributed by atoms with Gasteiger partial charge >= 0.3 is 0 Å². The van der Waals surface area contributed by atoms with Gasteiger partial charge in [0.25, 0.3) is 0 Å². The molecule has 0 saturated heterocycles. The molecule has 0 atom stereocenters. The van der Waals surface area contributed by atoms with Gasteiger partial charge in [-0.05, 0) is 31.5 Å². The normalized spacial score (nSPS) is 11.4. The summed E-state index contributed by atoms with van der Waals surface area (Å²) in [6, 6.07) is 17.2. The average molecular weight is 371 g/mol. The fourth-order valence-corrected chi connectivity index (χ4v) is 2.61. The number of hydrogen-bond acceptors (Lipinski definition) is 4. The van der Waals surface area contributed by atoms with E-state index >= 15 is 0 Å². The summed E-state index contributed by atoms with van der Waals surface area (Å²) in [5, 5.41) is 5.40. The lowest BCUT2D eigenvalue weighted by molar-refractivity contribution is 1.05. The summed E-state index contributed by atoms with van der Waals surface area (Å²) in [6.45, 7) is 3.74. The molecule has 3 aromatic rings. The molecule has 126 valence electrons. The van der Waals surface area contributed by atoms with Gasteiger partial charge in [0.05, 0.1) is 21.5 Å². The maximum absolute atomic E-state index is 6.06. The van der Waals surface area contributed by atoms with Gasteiger partial charge in [-0.3, -0.25) is 5.43 Å². The van der Waals surface area contributed by atoms with Crippen LogP contribution in [0.25, 0.3) is 11.3 Å². The lowest BCUT2D eigenvalue weighted by atomic mass is 10.1. The van der Waals surface area contributed by atoms with Gasteiger partial charge in [-0.1, -0.05) is 59.6 Å². The number of anilines is 1. The molecule has 0 saturated carbocycles. The van der Waals surface area contributed by atoms with E-state index in [1.807, 2.05) is 56.3 Å². The maximum Gasteiger partial charge on any atom is 0.150 e. The highest BCUT2D eigenvalue weighted by Crippen LogP contribution is 2.23. The van der Waals surface area contributed by atoms with E-state index in [9.17, 15) is 0 Å². The third-order valence-corrected chi connectivity index (χ3v) is 4.32. The number of hydrazone groups is 1. The molecule has 25 heavy (non-hydrogen) atoms. The minimum Gasteiger partial charge on any atom is -0.261 e. The van der Waals surface area contributed by atoms with Crippen molar-refractivity contribution in [2.45, 2.75) is 13.8 Å². The first-order valence-electron chi connectivity index (χ1n) is 7.70. The van der Waals surface area contributed by atoms with Gasteiger partial charge in [-0.15, -0.1) is 0 Å². The van der Waals surface area contributed by atoms with E-state index < -0.39 is 0 Å². The van der Waals surface area contributed by atoms with Gasteiger partial charge in [-0.2, -0.15) is 5.10 Å². The first-order chi connectivity index (χ1) is 12.0. The smallest absolute Gasteiger partial charge is 0.150 e. The third kappa shape index (κ3) is 4.35. The van der Waals surface area contributed by atoms with Crippen molar-refractivity contribution in [2.24, 2.45) is 5.10 Å². The Labute approximate surface area is 156 Å². The number of nitrogens with one attached hydrogen (secondary N) is 1. The number of aryl methyl sites for hydroxylation is 1. The van der Waals surface area contributed by atoms with E-state index in [-0.39, 0.29) is 0 Å². The lowest BCUT2D eigenvalue weighted by Gasteiger charge is -2.07. The molecule has 0 fully saturated rings. The second kappa shape index (κ2) is 7.64. The highest BCUT2D eigenvalue weighted by molar-refractivity contribution is 6.42. The van der Waals surface area contributed by atoms with Crippen LogP contribution < -0.4 is 5.43 Å². The predicted molar refractivity (Wildman–Crippen MR) is 105 cm³/mol. The predicted octanol–water partition coefficient (Wildman–Crippen LogP) is 5.59. The summed E-state index contributed by atoms with van der Waals surface area (Å²) in [7, 11) is 0. The standard InChI is InChI=1S/C19H16Cl2N4/c1-12(15-8-9-16(20)17(21)10-15)24-25-19-11-18(22-13(2)23-19)14-6-4-3-5-7-14/h3-11H,1-2H3,(H,22,23,25)/b24-12+. The van der Waals surface area contributed by atoms with Crippen LogP contribution in [0.1, 0.15) is 18.3 Å². The second-order valence-electron chi connectivity index (χ2n) is 5.49. The number of benzene rings is 2. The van der Waals surface area contributed by atoms with Gasteiger partial charge in [0.1, 0.15) is 11.6 Å². The van der Waals surface area contributed by atoms with Crippen molar-refractivity contribution < 1.29 is 0 Å². The summed E-state index contributed by atoms with van der Waals surface area (Å²) >= 11 is 12.0. The van der Waals surface area contributed by atoms with Gasteiger partial charge in [-0.25, -0.2) is 9.97 Å². The number of aromatic nitrogens is 2. The molecule has 0 aliphatic carbocycles. The number of halogens is 2. The molecule has 2 aromatic carbocycles. The molecule has 1 heterocycles. The van der Waals surface area contributed by atoms with Crippen LogP contribution in [0.5, 0.6) is 0 Å². The minimum atomic E-state index is 0.498.